The van der Waals surface area contributed by atoms with E-state index in [1.165, 1.54) is 11.1 Å². The van der Waals surface area contributed by atoms with Gasteiger partial charge in [-0.1, -0.05) is 12.1 Å². The molecule has 0 amide bonds. The van der Waals surface area contributed by atoms with Gasteiger partial charge in [0.05, 0.1) is 11.7 Å². The molecule has 0 aliphatic rings. The summed E-state index contributed by atoms with van der Waals surface area (Å²) in [5.74, 6) is 0. The standard InChI is InChI=1S/C16H18N4/c1-12(19(2)3)20-16-10-14(4-5-15(16)11-18-20)13-6-8-17-9-7-13/h4-12H,1-3H3. The average Bonchev–Trinajstić information content (AvgIpc) is 2.90. The van der Waals surface area contributed by atoms with Crippen molar-refractivity contribution >= 4 is 10.9 Å². The molecule has 0 saturated heterocycles. The molecule has 3 rings (SSSR count). The fraction of sp³-hybridized carbons (Fsp3) is 0.250. The van der Waals surface area contributed by atoms with Crippen molar-refractivity contribution in [3.63, 3.8) is 0 Å². The van der Waals surface area contributed by atoms with Crippen LogP contribution in [-0.4, -0.2) is 33.8 Å². The van der Waals surface area contributed by atoms with Crippen LogP contribution in [0.3, 0.4) is 0 Å². The molecule has 20 heavy (non-hydrogen) atoms. The smallest absolute Gasteiger partial charge is 0.101 e. The number of rotatable bonds is 3. The first-order valence-electron chi connectivity index (χ1n) is 6.71. The van der Waals surface area contributed by atoms with E-state index in [0.29, 0.717) is 0 Å². The Kier molecular flexibility index (Phi) is 3.24. The molecule has 1 atom stereocenters. The molecule has 4 nitrogen and oxygen atoms in total. The predicted octanol–water partition coefficient (Wildman–Crippen LogP) is 3.18. The van der Waals surface area contributed by atoms with Crippen molar-refractivity contribution in [2.24, 2.45) is 0 Å². The van der Waals surface area contributed by atoms with Gasteiger partial charge in [-0.2, -0.15) is 5.10 Å². The van der Waals surface area contributed by atoms with Gasteiger partial charge in [0.2, 0.25) is 0 Å². The van der Waals surface area contributed by atoms with Crippen molar-refractivity contribution in [1.82, 2.24) is 19.7 Å². The minimum Gasteiger partial charge on any atom is -0.288 e. The van der Waals surface area contributed by atoms with E-state index in [2.05, 4.69) is 58.9 Å². The van der Waals surface area contributed by atoms with Crippen LogP contribution in [0.5, 0.6) is 0 Å². The zero-order valence-corrected chi connectivity index (χ0v) is 12.0. The maximum Gasteiger partial charge on any atom is 0.101 e. The van der Waals surface area contributed by atoms with Gasteiger partial charge in [0.1, 0.15) is 6.17 Å². The number of benzene rings is 1. The van der Waals surface area contributed by atoms with E-state index in [1.807, 2.05) is 30.7 Å². The SMILES string of the molecule is CC(N(C)C)n1ncc2ccc(-c3ccncc3)cc21. The van der Waals surface area contributed by atoms with Gasteiger partial charge in [0.15, 0.2) is 0 Å². The lowest BCUT2D eigenvalue weighted by atomic mass is 10.1. The lowest BCUT2D eigenvalue weighted by Gasteiger charge is -2.21. The van der Waals surface area contributed by atoms with Crippen LogP contribution < -0.4 is 0 Å². The second-order valence-corrected chi connectivity index (χ2v) is 5.19. The van der Waals surface area contributed by atoms with Crippen LogP contribution in [-0.2, 0) is 0 Å². The third-order valence-electron chi connectivity index (χ3n) is 3.71. The zero-order chi connectivity index (χ0) is 14.1. The summed E-state index contributed by atoms with van der Waals surface area (Å²) in [5, 5.41) is 5.68. The number of nitrogens with zero attached hydrogens (tertiary/aromatic N) is 4. The van der Waals surface area contributed by atoms with Gasteiger partial charge in [-0.15, -0.1) is 0 Å². The molecule has 0 aliphatic carbocycles. The number of hydrogen-bond acceptors (Lipinski definition) is 3. The summed E-state index contributed by atoms with van der Waals surface area (Å²) in [5.41, 5.74) is 3.51. The van der Waals surface area contributed by atoms with Crippen LogP contribution >= 0.6 is 0 Å². The molecular formula is C16H18N4. The molecule has 2 aromatic heterocycles. The van der Waals surface area contributed by atoms with Gasteiger partial charge in [-0.3, -0.25) is 9.88 Å². The van der Waals surface area contributed by atoms with Crippen LogP contribution in [0.25, 0.3) is 22.0 Å². The molecule has 1 aromatic carbocycles. The van der Waals surface area contributed by atoms with Crippen LogP contribution in [0, 0.1) is 0 Å². The van der Waals surface area contributed by atoms with Crippen molar-refractivity contribution in [3.05, 3.63) is 48.9 Å². The fourth-order valence-electron chi connectivity index (χ4n) is 2.28. The van der Waals surface area contributed by atoms with E-state index in [9.17, 15) is 0 Å². The molecule has 0 N–H and O–H groups in total. The van der Waals surface area contributed by atoms with Crippen LogP contribution in [0.15, 0.2) is 48.9 Å². The van der Waals surface area contributed by atoms with Gasteiger partial charge < -0.3 is 0 Å². The second kappa shape index (κ2) is 5.06. The third-order valence-corrected chi connectivity index (χ3v) is 3.71. The summed E-state index contributed by atoms with van der Waals surface area (Å²) in [6.45, 7) is 2.14. The van der Waals surface area contributed by atoms with Crippen LogP contribution in [0.4, 0.5) is 0 Å². The number of hydrogen-bond donors (Lipinski definition) is 0. The molecule has 4 heteroatoms. The first-order chi connectivity index (χ1) is 9.66. The molecule has 3 aromatic rings. The Bertz CT molecular complexity index is 716. The maximum absolute atomic E-state index is 4.51. The molecule has 0 aliphatic heterocycles. The highest BCUT2D eigenvalue weighted by Crippen LogP contribution is 2.25. The van der Waals surface area contributed by atoms with Gasteiger partial charge in [-0.05, 0) is 50.3 Å². The van der Waals surface area contributed by atoms with E-state index in [1.54, 1.807) is 0 Å². The molecule has 0 spiro atoms. The quantitative estimate of drug-likeness (QED) is 0.730. The van der Waals surface area contributed by atoms with E-state index in [0.717, 1.165) is 10.9 Å². The summed E-state index contributed by atoms with van der Waals surface area (Å²) in [6.07, 6.45) is 5.78. The van der Waals surface area contributed by atoms with Gasteiger partial charge in [0, 0.05) is 17.8 Å². The molecule has 0 radical (unpaired) electrons. The van der Waals surface area contributed by atoms with E-state index >= 15 is 0 Å². The Morgan fingerprint density at radius 1 is 1.05 bits per heavy atom. The molecule has 0 saturated carbocycles. The Morgan fingerprint density at radius 3 is 2.50 bits per heavy atom. The summed E-state index contributed by atoms with van der Waals surface area (Å²) in [7, 11) is 4.12. The summed E-state index contributed by atoms with van der Waals surface area (Å²) >= 11 is 0. The van der Waals surface area contributed by atoms with Crippen molar-refractivity contribution < 1.29 is 0 Å². The minimum absolute atomic E-state index is 0.222. The lowest BCUT2D eigenvalue weighted by molar-refractivity contribution is 0.226. The largest absolute Gasteiger partial charge is 0.288 e. The van der Waals surface area contributed by atoms with E-state index < -0.39 is 0 Å². The molecule has 0 bridgehead atoms. The highest BCUT2D eigenvalue weighted by atomic mass is 15.4. The highest BCUT2D eigenvalue weighted by molar-refractivity contribution is 5.84. The summed E-state index contributed by atoms with van der Waals surface area (Å²) in [6, 6.07) is 10.5. The van der Waals surface area contributed by atoms with Crippen LogP contribution in [0.2, 0.25) is 0 Å². The van der Waals surface area contributed by atoms with Gasteiger partial charge >= 0.3 is 0 Å². The predicted molar refractivity (Wildman–Crippen MR) is 81.4 cm³/mol. The van der Waals surface area contributed by atoms with Crippen molar-refractivity contribution in [3.8, 4) is 11.1 Å². The Balaban J connectivity index is 2.12. The zero-order valence-electron chi connectivity index (χ0n) is 12.0. The average molecular weight is 266 g/mol. The van der Waals surface area contributed by atoms with Crippen LogP contribution in [0.1, 0.15) is 13.1 Å². The van der Waals surface area contributed by atoms with E-state index in [-0.39, 0.29) is 6.17 Å². The monoisotopic (exact) mass is 266 g/mol. The molecule has 1 unspecified atom stereocenters. The molecule has 102 valence electrons. The topological polar surface area (TPSA) is 34.0 Å². The van der Waals surface area contributed by atoms with E-state index in [4.69, 9.17) is 0 Å². The van der Waals surface area contributed by atoms with Crippen molar-refractivity contribution in [2.45, 2.75) is 13.1 Å². The second-order valence-electron chi connectivity index (χ2n) is 5.19. The number of pyridine rings is 1. The van der Waals surface area contributed by atoms with Gasteiger partial charge in [0.25, 0.3) is 0 Å². The highest BCUT2D eigenvalue weighted by Gasteiger charge is 2.12. The maximum atomic E-state index is 4.51. The first-order valence-corrected chi connectivity index (χ1v) is 6.71. The fourth-order valence-corrected chi connectivity index (χ4v) is 2.28. The van der Waals surface area contributed by atoms with Gasteiger partial charge in [-0.25, -0.2) is 4.68 Å². The van der Waals surface area contributed by atoms with Crippen molar-refractivity contribution in [1.29, 1.82) is 0 Å². The minimum atomic E-state index is 0.222. The Hall–Kier alpha value is -2.20. The van der Waals surface area contributed by atoms with Crippen molar-refractivity contribution in [2.75, 3.05) is 14.1 Å². The normalized spacial score (nSPS) is 13.0. The first kappa shape index (κ1) is 12.8. The Morgan fingerprint density at radius 2 is 1.80 bits per heavy atom. The number of aromatic nitrogens is 3. The third kappa shape index (κ3) is 2.18. The molecular weight excluding hydrogens is 248 g/mol. The lowest BCUT2D eigenvalue weighted by Crippen LogP contribution is -2.23. The summed E-state index contributed by atoms with van der Waals surface area (Å²) < 4.78 is 2.06. The molecule has 2 heterocycles. The Labute approximate surface area is 118 Å². The number of fused-ring (bicyclic) bond motifs is 1. The molecule has 0 fully saturated rings. The summed E-state index contributed by atoms with van der Waals surface area (Å²) in [4.78, 5) is 6.21.